The Morgan fingerprint density at radius 2 is 2.42 bits per heavy atom. The summed E-state index contributed by atoms with van der Waals surface area (Å²) in [6.07, 6.45) is 8.36. The van der Waals surface area contributed by atoms with Crippen molar-refractivity contribution in [2.75, 3.05) is 7.05 Å². The number of nitrogens with zero attached hydrogens (tertiary/aromatic N) is 1. The molecule has 0 saturated carbocycles. The lowest BCUT2D eigenvalue weighted by Crippen LogP contribution is -2.26. The van der Waals surface area contributed by atoms with Gasteiger partial charge in [0.25, 0.3) is 0 Å². The van der Waals surface area contributed by atoms with Gasteiger partial charge < -0.3 is 4.90 Å². The van der Waals surface area contributed by atoms with E-state index >= 15 is 0 Å². The van der Waals surface area contributed by atoms with Crippen molar-refractivity contribution >= 4 is 5.91 Å². The number of likely N-dealkylation sites (tertiary alicyclic amines) is 1. The first-order valence-corrected chi connectivity index (χ1v) is 4.68. The Morgan fingerprint density at radius 1 is 1.67 bits per heavy atom. The Hall–Kier alpha value is -0.790. The van der Waals surface area contributed by atoms with Crippen LogP contribution in [0.1, 0.15) is 32.6 Å². The topological polar surface area (TPSA) is 20.3 Å². The van der Waals surface area contributed by atoms with Crippen LogP contribution in [0.4, 0.5) is 0 Å². The average Bonchev–Trinajstić information content (AvgIpc) is 2.36. The van der Waals surface area contributed by atoms with Crippen LogP contribution in [0.5, 0.6) is 0 Å². The fraction of sp³-hybridized carbons (Fsp3) is 0.700. The van der Waals surface area contributed by atoms with E-state index in [2.05, 4.69) is 19.1 Å². The second kappa shape index (κ2) is 4.29. The van der Waals surface area contributed by atoms with Gasteiger partial charge in [-0.15, -0.1) is 0 Å². The van der Waals surface area contributed by atoms with Crippen LogP contribution in [0.3, 0.4) is 0 Å². The monoisotopic (exact) mass is 167 g/mol. The predicted octanol–water partition coefficient (Wildman–Crippen LogP) is 1.96. The van der Waals surface area contributed by atoms with Crippen LogP contribution >= 0.6 is 0 Å². The molecule has 2 heteroatoms. The van der Waals surface area contributed by atoms with Crippen LogP contribution in [0.2, 0.25) is 0 Å². The lowest BCUT2D eigenvalue weighted by molar-refractivity contribution is -0.127. The Bertz CT molecular complexity index is 186. The summed E-state index contributed by atoms with van der Waals surface area (Å²) in [5.74, 6) is 0.279. The Morgan fingerprint density at radius 3 is 2.92 bits per heavy atom. The summed E-state index contributed by atoms with van der Waals surface area (Å²) in [6, 6.07) is 0.365. The molecular weight excluding hydrogens is 150 g/mol. The van der Waals surface area contributed by atoms with Gasteiger partial charge in [-0.1, -0.05) is 25.5 Å². The van der Waals surface area contributed by atoms with Crippen LogP contribution < -0.4 is 0 Å². The van der Waals surface area contributed by atoms with Gasteiger partial charge >= 0.3 is 0 Å². The number of allylic oxidation sites excluding steroid dienone is 1. The van der Waals surface area contributed by atoms with Crippen molar-refractivity contribution in [2.45, 2.75) is 38.6 Å². The van der Waals surface area contributed by atoms with Crippen molar-refractivity contribution in [3.05, 3.63) is 12.2 Å². The van der Waals surface area contributed by atoms with Gasteiger partial charge in [-0.05, 0) is 12.8 Å². The standard InChI is InChI=1S/C10H17NO/c1-3-4-5-6-9-7-8-10(12)11(9)2/h5-6,9H,3-4,7-8H2,1-2H3. The van der Waals surface area contributed by atoms with Gasteiger partial charge in [-0.25, -0.2) is 0 Å². The highest BCUT2D eigenvalue weighted by atomic mass is 16.2. The van der Waals surface area contributed by atoms with Gasteiger partial charge in [-0.3, -0.25) is 4.79 Å². The van der Waals surface area contributed by atoms with E-state index in [4.69, 9.17) is 0 Å². The van der Waals surface area contributed by atoms with Gasteiger partial charge in [0.1, 0.15) is 0 Å². The molecule has 0 aromatic carbocycles. The molecule has 0 N–H and O–H groups in total. The highest BCUT2D eigenvalue weighted by molar-refractivity contribution is 5.78. The third kappa shape index (κ3) is 2.10. The predicted molar refractivity (Wildman–Crippen MR) is 49.8 cm³/mol. The molecule has 0 aromatic rings. The largest absolute Gasteiger partial charge is 0.339 e. The van der Waals surface area contributed by atoms with E-state index in [1.807, 2.05) is 11.9 Å². The minimum absolute atomic E-state index is 0.279. The SMILES string of the molecule is CCCC=CC1CCC(=O)N1C. The number of hydrogen-bond acceptors (Lipinski definition) is 1. The van der Waals surface area contributed by atoms with Gasteiger partial charge in [0, 0.05) is 13.5 Å². The van der Waals surface area contributed by atoms with Crippen LogP contribution in [-0.4, -0.2) is 23.9 Å². The first-order valence-electron chi connectivity index (χ1n) is 4.68. The first kappa shape index (κ1) is 9.30. The number of hydrogen-bond donors (Lipinski definition) is 0. The van der Waals surface area contributed by atoms with Gasteiger partial charge in [0.15, 0.2) is 0 Å². The van der Waals surface area contributed by atoms with Crippen LogP contribution in [-0.2, 0) is 4.79 Å². The Balaban J connectivity index is 2.38. The summed E-state index contributed by atoms with van der Waals surface area (Å²) in [5, 5.41) is 0. The maximum atomic E-state index is 11.1. The second-order valence-corrected chi connectivity index (χ2v) is 3.33. The molecule has 1 aliphatic heterocycles. The minimum atomic E-state index is 0.279. The van der Waals surface area contributed by atoms with Gasteiger partial charge in [0.05, 0.1) is 6.04 Å². The molecule has 1 rings (SSSR count). The van der Waals surface area contributed by atoms with Crippen molar-refractivity contribution in [3.8, 4) is 0 Å². The van der Waals surface area contributed by atoms with E-state index in [0.29, 0.717) is 6.04 Å². The Labute approximate surface area is 74.2 Å². The molecule has 0 aromatic heterocycles. The second-order valence-electron chi connectivity index (χ2n) is 3.33. The van der Waals surface area contributed by atoms with E-state index < -0.39 is 0 Å². The molecule has 1 fully saturated rings. The highest BCUT2D eigenvalue weighted by Crippen LogP contribution is 2.17. The van der Waals surface area contributed by atoms with E-state index in [0.717, 1.165) is 19.3 Å². The van der Waals surface area contributed by atoms with Crippen molar-refractivity contribution < 1.29 is 4.79 Å². The lowest BCUT2D eigenvalue weighted by Gasteiger charge is -2.15. The quantitative estimate of drug-likeness (QED) is 0.588. The van der Waals surface area contributed by atoms with Gasteiger partial charge in [0.2, 0.25) is 5.91 Å². The maximum Gasteiger partial charge on any atom is 0.222 e. The van der Waals surface area contributed by atoms with E-state index in [1.165, 1.54) is 6.42 Å². The summed E-state index contributed by atoms with van der Waals surface area (Å²) in [7, 11) is 1.89. The first-order chi connectivity index (χ1) is 5.75. The molecule has 1 saturated heterocycles. The molecule has 1 heterocycles. The zero-order valence-electron chi connectivity index (χ0n) is 7.92. The third-order valence-electron chi connectivity index (χ3n) is 2.36. The zero-order valence-corrected chi connectivity index (χ0v) is 7.92. The Kier molecular flexibility index (Phi) is 3.32. The zero-order chi connectivity index (χ0) is 8.97. The molecule has 1 unspecified atom stereocenters. The van der Waals surface area contributed by atoms with E-state index in [-0.39, 0.29) is 5.91 Å². The molecule has 0 aliphatic carbocycles. The molecule has 2 nitrogen and oxygen atoms in total. The minimum Gasteiger partial charge on any atom is -0.339 e. The fourth-order valence-electron chi connectivity index (χ4n) is 1.47. The van der Waals surface area contributed by atoms with E-state index in [1.54, 1.807) is 0 Å². The van der Waals surface area contributed by atoms with Gasteiger partial charge in [-0.2, -0.15) is 0 Å². The van der Waals surface area contributed by atoms with Crippen molar-refractivity contribution in [3.63, 3.8) is 0 Å². The molecule has 1 atom stereocenters. The normalized spacial score (nSPS) is 24.3. The number of amides is 1. The molecular formula is C10H17NO. The lowest BCUT2D eigenvalue weighted by atomic mass is 10.2. The molecule has 1 amide bonds. The average molecular weight is 167 g/mol. The van der Waals surface area contributed by atoms with Crippen molar-refractivity contribution in [2.24, 2.45) is 0 Å². The summed E-state index contributed by atoms with van der Waals surface area (Å²) in [5.41, 5.74) is 0. The molecule has 12 heavy (non-hydrogen) atoms. The van der Waals surface area contributed by atoms with E-state index in [9.17, 15) is 4.79 Å². The summed E-state index contributed by atoms with van der Waals surface area (Å²) in [6.45, 7) is 2.16. The number of rotatable bonds is 3. The van der Waals surface area contributed by atoms with Crippen LogP contribution in [0.25, 0.3) is 0 Å². The molecule has 1 aliphatic rings. The van der Waals surface area contributed by atoms with Crippen molar-refractivity contribution in [1.29, 1.82) is 0 Å². The molecule has 0 bridgehead atoms. The summed E-state index contributed by atoms with van der Waals surface area (Å²) < 4.78 is 0. The maximum absolute atomic E-state index is 11.1. The fourth-order valence-corrected chi connectivity index (χ4v) is 1.47. The van der Waals surface area contributed by atoms with Crippen molar-refractivity contribution in [1.82, 2.24) is 4.90 Å². The molecule has 68 valence electrons. The summed E-state index contributed by atoms with van der Waals surface area (Å²) in [4.78, 5) is 12.9. The number of likely N-dealkylation sites (N-methyl/N-ethyl adjacent to an activating group) is 1. The summed E-state index contributed by atoms with van der Waals surface area (Å²) >= 11 is 0. The number of carbonyl (C=O) groups is 1. The number of carbonyl (C=O) groups excluding carboxylic acids is 1. The van der Waals surface area contributed by atoms with Crippen LogP contribution in [0, 0.1) is 0 Å². The number of unbranched alkanes of at least 4 members (excludes halogenated alkanes) is 1. The molecule has 0 radical (unpaired) electrons. The highest BCUT2D eigenvalue weighted by Gasteiger charge is 2.24. The molecule has 0 spiro atoms. The van der Waals surface area contributed by atoms with Crippen LogP contribution in [0.15, 0.2) is 12.2 Å². The third-order valence-corrected chi connectivity index (χ3v) is 2.36. The smallest absolute Gasteiger partial charge is 0.222 e.